The molecule has 0 unspecified atom stereocenters. The number of halogens is 1. The van der Waals surface area contributed by atoms with Crippen molar-refractivity contribution in [1.29, 1.82) is 5.26 Å². The lowest BCUT2D eigenvalue weighted by Crippen LogP contribution is -2.12. The van der Waals surface area contributed by atoms with Crippen molar-refractivity contribution in [2.75, 3.05) is 11.9 Å². The van der Waals surface area contributed by atoms with Gasteiger partial charge in [0.1, 0.15) is 6.07 Å². The van der Waals surface area contributed by atoms with Gasteiger partial charge in [-0.25, -0.2) is 13.6 Å². The largest absolute Gasteiger partial charge is 0.382 e. The summed E-state index contributed by atoms with van der Waals surface area (Å²) in [6.07, 6.45) is 0.654. The smallest absolute Gasteiger partial charge is 0.238 e. The van der Waals surface area contributed by atoms with Crippen LogP contribution in [0.1, 0.15) is 11.1 Å². The van der Waals surface area contributed by atoms with E-state index in [1.54, 1.807) is 30.3 Å². The zero-order chi connectivity index (χ0) is 16.2. The highest BCUT2D eigenvalue weighted by molar-refractivity contribution is 7.89. The molecule has 22 heavy (non-hydrogen) atoms. The molecule has 2 aromatic rings. The Morgan fingerprint density at radius 2 is 1.86 bits per heavy atom. The second-order valence-electron chi connectivity index (χ2n) is 4.64. The van der Waals surface area contributed by atoms with Crippen LogP contribution in [0, 0.1) is 11.3 Å². The number of anilines is 1. The number of nitrogens with two attached hydrogens (primary N) is 1. The summed E-state index contributed by atoms with van der Waals surface area (Å²) in [5.74, 6) is 0. The minimum absolute atomic E-state index is 0.0853. The van der Waals surface area contributed by atoms with Gasteiger partial charge in [0.15, 0.2) is 0 Å². The quantitative estimate of drug-likeness (QED) is 0.877. The SMILES string of the molecule is N#Cc1cccc(Cl)c1NCCc1ccc(S(N)(=O)=O)cc1. The van der Waals surface area contributed by atoms with Crippen LogP contribution in [-0.4, -0.2) is 15.0 Å². The molecule has 0 aliphatic carbocycles. The van der Waals surface area contributed by atoms with Crippen molar-refractivity contribution < 1.29 is 8.42 Å². The number of benzene rings is 2. The first kappa shape index (κ1) is 16.3. The average Bonchev–Trinajstić information content (AvgIpc) is 2.48. The number of hydrogen-bond acceptors (Lipinski definition) is 4. The first-order chi connectivity index (χ1) is 10.4. The Hall–Kier alpha value is -2.07. The van der Waals surface area contributed by atoms with Gasteiger partial charge in [0.25, 0.3) is 0 Å². The zero-order valence-corrected chi connectivity index (χ0v) is 13.2. The number of nitriles is 1. The van der Waals surface area contributed by atoms with Crippen LogP contribution in [0.25, 0.3) is 0 Å². The number of sulfonamides is 1. The van der Waals surface area contributed by atoms with Gasteiger partial charge in [-0.1, -0.05) is 29.8 Å². The van der Waals surface area contributed by atoms with Gasteiger partial charge >= 0.3 is 0 Å². The third-order valence-electron chi connectivity index (χ3n) is 3.10. The van der Waals surface area contributed by atoms with E-state index in [4.69, 9.17) is 22.0 Å². The summed E-state index contributed by atoms with van der Waals surface area (Å²) in [4.78, 5) is 0.0853. The predicted octanol–water partition coefficient (Wildman–Crippen LogP) is 2.51. The van der Waals surface area contributed by atoms with Crippen LogP contribution >= 0.6 is 11.6 Å². The number of nitrogens with zero attached hydrogens (tertiary/aromatic N) is 1. The first-order valence-electron chi connectivity index (χ1n) is 6.46. The summed E-state index contributed by atoms with van der Waals surface area (Å²) in [7, 11) is -3.67. The fraction of sp³-hybridized carbons (Fsp3) is 0.133. The number of nitrogens with one attached hydrogen (secondary N) is 1. The zero-order valence-electron chi connectivity index (χ0n) is 11.6. The normalized spacial score (nSPS) is 11.0. The highest BCUT2D eigenvalue weighted by Gasteiger charge is 2.08. The third-order valence-corrected chi connectivity index (χ3v) is 4.35. The van der Waals surface area contributed by atoms with Crippen LogP contribution in [0.15, 0.2) is 47.4 Å². The Balaban J connectivity index is 2.02. The van der Waals surface area contributed by atoms with Crippen LogP contribution in [0.4, 0.5) is 5.69 Å². The molecule has 0 aliphatic heterocycles. The first-order valence-corrected chi connectivity index (χ1v) is 8.38. The lowest BCUT2D eigenvalue weighted by Gasteiger charge is -2.10. The maximum absolute atomic E-state index is 11.2. The highest BCUT2D eigenvalue weighted by atomic mass is 35.5. The van der Waals surface area contributed by atoms with Crippen LogP contribution in [0.5, 0.6) is 0 Å². The number of hydrogen-bond donors (Lipinski definition) is 2. The summed E-state index contributed by atoms with van der Waals surface area (Å²) in [5, 5.41) is 17.7. The van der Waals surface area contributed by atoms with Gasteiger partial charge in [-0.15, -0.1) is 0 Å². The van der Waals surface area contributed by atoms with E-state index in [2.05, 4.69) is 11.4 Å². The van der Waals surface area contributed by atoms with Gasteiger partial charge in [-0.2, -0.15) is 5.26 Å². The molecule has 0 saturated heterocycles. The Morgan fingerprint density at radius 3 is 2.45 bits per heavy atom. The van der Waals surface area contributed by atoms with Crippen LogP contribution in [0.2, 0.25) is 5.02 Å². The molecule has 2 rings (SSSR count). The molecule has 5 nitrogen and oxygen atoms in total. The standard InChI is InChI=1S/C15H14ClN3O2S/c16-14-3-1-2-12(10-17)15(14)19-9-8-11-4-6-13(7-5-11)22(18,20)21/h1-7,19H,8-9H2,(H2,18,20,21). The van der Waals surface area contributed by atoms with Crippen molar-refractivity contribution in [3.63, 3.8) is 0 Å². The van der Waals surface area contributed by atoms with Crippen molar-refractivity contribution in [3.8, 4) is 6.07 Å². The molecule has 0 bridgehead atoms. The summed E-state index contributed by atoms with van der Waals surface area (Å²) < 4.78 is 22.3. The summed E-state index contributed by atoms with van der Waals surface area (Å²) in [6.45, 7) is 0.563. The molecule has 0 atom stereocenters. The van der Waals surface area contributed by atoms with Crippen LogP contribution in [-0.2, 0) is 16.4 Å². The van der Waals surface area contributed by atoms with Crippen molar-refractivity contribution in [2.45, 2.75) is 11.3 Å². The number of rotatable bonds is 5. The second-order valence-corrected chi connectivity index (χ2v) is 6.61. The van der Waals surface area contributed by atoms with Crippen molar-refractivity contribution in [1.82, 2.24) is 0 Å². The molecule has 0 fully saturated rings. The molecule has 0 amide bonds. The number of primary sulfonamides is 1. The molecule has 0 heterocycles. The molecule has 114 valence electrons. The number of para-hydroxylation sites is 1. The van der Waals surface area contributed by atoms with Gasteiger partial charge in [-0.3, -0.25) is 0 Å². The lowest BCUT2D eigenvalue weighted by atomic mass is 10.1. The molecular weight excluding hydrogens is 322 g/mol. The fourth-order valence-corrected chi connectivity index (χ4v) is 2.73. The van der Waals surface area contributed by atoms with E-state index in [0.717, 1.165) is 5.56 Å². The molecule has 0 aromatic heterocycles. The Morgan fingerprint density at radius 1 is 1.18 bits per heavy atom. The van der Waals surface area contributed by atoms with E-state index in [-0.39, 0.29) is 4.90 Å². The van der Waals surface area contributed by atoms with E-state index in [1.807, 2.05) is 0 Å². The monoisotopic (exact) mass is 335 g/mol. The summed E-state index contributed by atoms with van der Waals surface area (Å²) in [5.41, 5.74) is 2.04. The molecule has 0 aliphatic rings. The van der Waals surface area contributed by atoms with Gasteiger partial charge in [-0.05, 0) is 36.2 Å². The molecule has 0 saturated carbocycles. The summed E-state index contributed by atoms with van der Waals surface area (Å²) >= 11 is 6.07. The second kappa shape index (κ2) is 6.79. The minimum Gasteiger partial charge on any atom is -0.382 e. The maximum atomic E-state index is 11.2. The minimum atomic E-state index is -3.67. The molecule has 7 heteroatoms. The molecule has 3 N–H and O–H groups in total. The van der Waals surface area contributed by atoms with E-state index in [1.165, 1.54) is 12.1 Å². The Labute approximate surface area is 134 Å². The van der Waals surface area contributed by atoms with Crippen molar-refractivity contribution in [3.05, 3.63) is 58.6 Å². The van der Waals surface area contributed by atoms with Crippen molar-refractivity contribution >= 4 is 27.3 Å². The average molecular weight is 336 g/mol. The van der Waals surface area contributed by atoms with Gasteiger partial charge in [0, 0.05) is 6.54 Å². The van der Waals surface area contributed by atoms with Gasteiger partial charge in [0.05, 0.1) is 21.2 Å². The molecular formula is C15H14ClN3O2S. The van der Waals surface area contributed by atoms with E-state index in [9.17, 15) is 8.42 Å². The predicted molar refractivity (Wildman–Crippen MR) is 86.2 cm³/mol. The van der Waals surface area contributed by atoms with Crippen LogP contribution in [0.3, 0.4) is 0 Å². The molecule has 0 radical (unpaired) electrons. The fourth-order valence-electron chi connectivity index (χ4n) is 1.97. The molecule has 2 aromatic carbocycles. The van der Waals surface area contributed by atoms with E-state index < -0.39 is 10.0 Å². The Bertz CT molecular complexity index is 812. The Kier molecular flexibility index (Phi) is 5.03. The molecule has 0 spiro atoms. The van der Waals surface area contributed by atoms with Gasteiger partial charge < -0.3 is 5.32 Å². The highest BCUT2D eigenvalue weighted by Crippen LogP contribution is 2.25. The van der Waals surface area contributed by atoms with E-state index in [0.29, 0.717) is 29.2 Å². The third kappa shape index (κ3) is 3.98. The summed E-state index contributed by atoms with van der Waals surface area (Å²) in [6, 6.07) is 13.6. The van der Waals surface area contributed by atoms with Crippen molar-refractivity contribution in [2.24, 2.45) is 5.14 Å². The van der Waals surface area contributed by atoms with E-state index >= 15 is 0 Å². The topological polar surface area (TPSA) is 96.0 Å². The lowest BCUT2D eigenvalue weighted by molar-refractivity contribution is 0.598. The van der Waals surface area contributed by atoms with Crippen LogP contribution < -0.4 is 10.5 Å². The maximum Gasteiger partial charge on any atom is 0.238 e. The van der Waals surface area contributed by atoms with Gasteiger partial charge in [0.2, 0.25) is 10.0 Å².